The molecular formula is C15H23N5O2. The first kappa shape index (κ1) is 15.0. The van der Waals surface area contributed by atoms with Crippen LogP contribution >= 0.6 is 0 Å². The van der Waals surface area contributed by atoms with Gasteiger partial charge in [0.25, 0.3) is 0 Å². The van der Waals surface area contributed by atoms with Gasteiger partial charge < -0.3 is 14.9 Å². The van der Waals surface area contributed by atoms with Gasteiger partial charge in [-0.25, -0.2) is 4.98 Å². The minimum absolute atomic E-state index is 0.114. The van der Waals surface area contributed by atoms with Gasteiger partial charge in [0.15, 0.2) is 0 Å². The van der Waals surface area contributed by atoms with E-state index >= 15 is 0 Å². The first-order valence-electron chi connectivity index (χ1n) is 7.99. The molecule has 0 amide bonds. The highest BCUT2D eigenvalue weighted by Crippen LogP contribution is 2.20. The summed E-state index contributed by atoms with van der Waals surface area (Å²) >= 11 is 0. The number of carbonyl (C=O) groups is 1. The van der Waals surface area contributed by atoms with Crippen molar-refractivity contribution in [3.8, 4) is 0 Å². The van der Waals surface area contributed by atoms with Crippen LogP contribution in [0.15, 0.2) is 12.3 Å². The van der Waals surface area contributed by atoms with Gasteiger partial charge in [0.05, 0.1) is 6.54 Å². The predicted molar refractivity (Wildman–Crippen MR) is 84.4 cm³/mol. The molecule has 3 heterocycles. The molecule has 0 aliphatic carbocycles. The Kier molecular flexibility index (Phi) is 4.72. The molecule has 0 radical (unpaired) electrons. The molecule has 0 spiro atoms. The Balaban J connectivity index is 1.62. The molecule has 1 aromatic heterocycles. The van der Waals surface area contributed by atoms with E-state index < -0.39 is 5.97 Å². The average Bonchev–Trinajstić information content (AvgIpc) is 2.56. The summed E-state index contributed by atoms with van der Waals surface area (Å²) < 4.78 is 0. The van der Waals surface area contributed by atoms with E-state index in [1.165, 1.54) is 19.3 Å². The van der Waals surface area contributed by atoms with Gasteiger partial charge >= 0.3 is 5.97 Å². The average molecular weight is 305 g/mol. The fraction of sp³-hybridized carbons (Fsp3) is 0.667. The van der Waals surface area contributed by atoms with E-state index in [9.17, 15) is 4.79 Å². The maximum absolute atomic E-state index is 10.8. The topological polar surface area (TPSA) is 72.8 Å². The van der Waals surface area contributed by atoms with Crippen LogP contribution in [-0.4, -0.2) is 71.8 Å². The third-order valence-corrected chi connectivity index (χ3v) is 4.32. The van der Waals surface area contributed by atoms with Crippen LogP contribution in [0.1, 0.15) is 19.3 Å². The number of carboxylic acids is 1. The van der Waals surface area contributed by atoms with Crippen molar-refractivity contribution in [3.05, 3.63) is 12.3 Å². The first-order valence-corrected chi connectivity index (χ1v) is 7.99. The Morgan fingerprint density at radius 1 is 1.05 bits per heavy atom. The Morgan fingerprint density at radius 2 is 1.77 bits per heavy atom. The maximum atomic E-state index is 10.8. The number of piperazine rings is 1. The van der Waals surface area contributed by atoms with Crippen molar-refractivity contribution >= 4 is 17.7 Å². The van der Waals surface area contributed by atoms with Crippen molar-refractivity contribution in [3.63, 3.8) is 0 Å². The van der Waals surface area contributed by atoms with Crippen molar-refractivity contribution in [2.24, 2.45) is 0 Å². The van der Waals surface area contributed by atoms with Gasteiger partial charge in [-0.3, -0.25) is 9.69 Å². The van der Waals surface area contributed by atoms with Gasteiger partial charge in [0.2, 0.25) is 5.95 Å². The van der Waals surface area contributed by atoms with Gasteiger partial charge in [0, 0.05) is 45.5 Å². The normalized spacial score (nSPS) is 20.2. The molecule has 3 rings (SSSR count). The largest absolute Gasteiger partial charge is 0.480 e. The Labute approximate surface area is 130 Å². The van der Waals surface area contributed by atoms with E-state index in [-0.39, 0.29) is 6.54 Å². The molecule has 2 fully saturated rings. The number of aliphatic carboxylic acids is 1. The number of nitrogens with zero attached hydrogens (tertiary/aromatic N) is 5. The van der Waals surface area contributed by atoms with E-state index in [1.54, 1.807) is 0 Å². The van der Waals surface area contributed by atoms with Crippen molar-refractivity contribution in [1.82, 2.24) is 14.9 Å². The monoisotopic (exact) mass is 305 g/mol. The lowest BCUT2D eigenvalue weighted by molar-refractivity contribution is -0.138. The number of rotatable bonds is 4. The molecule has 2 aliphatic heterocycles. The van der Waals surface area contributed by atoms with E-state index in [0.29, 0.717) is 0 Å². The van der Waals surface area contributed by atoms with Crippen LogP contribution in [0.2, 0.25) is 0 Å². The second kappa shape index (κ2) is 6.91. The third-order valence-electron chi connectivity index (χ3n) is 4.32. The standard InChI is InChI=1S/C15H23N5O2/c21-14(22)12-18-8-10-20(11-9-18)15-16-5-4-13(17-15)19-6-2-1-3-7-19/h4-5H,1-3,6-12H2,(H,21,22). The fourth-order valence-corrected chi connectivity index (χ4v) is 3.09. The molecule has 0 saturated carbocycles. The number of piperidine rings is 1. The summed E-state index contributed by atoms with van der Waals surface area (Å²) in [5.74, 6) is 1.01. The summed E-state index contributed by atoms with van der Waals surface area (Å²) in [5.41, 5.74) is 0. The van der Waals surface area contributed by atoms with Crippen LogP contribution < -0.4 is 9.80 Å². The van der Waals surface area contributed by atoms with Crippen LogP contribution in [0.3, 0.4) is 0 Å². The minimum Gasteiger partial charge on any atom is -0.480 e. The smallest absolute Gasteiger partial charge is 0.317 e. The quantitative estimate of drug-likeness (QED) is 0.876. The summed E-state index contributed by atoms with van der Waals surface area (Å²) in [6, 6.07) is 1.98. The molecule has 120 valence electrons. The number of hydrogen-bond acceptors (Lipinski definition) is 6. The van der Waals surface area contributed by atoms with Crippen LogP contribution in [0, 0.1) is 0 Å². The minimum atomic E-state index is -0.767. The van der Waals surface area contributed by atoms with Crippen LogP contribution in [0.4, 0.5) is 11.8 Å². The van der Waals surface area contributed by atoms with Gasteiger partial charge in [0.1, 0.15) is 5.82 Å². The molecule has 1 aromatic rings. The highest BCUT2D eigenvalue weighted by molar-refractivity contribution is 5.69. The highest BCUT2D eigenvalue weighted by Gasteiger charge is 2.21. The zero-order valence-electron chi connectivity index (χ0n) is 12.8. The molecule has 0 bridgehead atoms. The van der Waals surface area contributed by atoms with Gasteiger partial charge in [-0.05, 0) is 25.3 Å². The van der Waals surface area contributed by atoms with E-state index in [2.05, 4.69) is 14.8 Å². The fourth-order valence-electron chi connectivity index (χ4n) is 3.09. The molecule has 0 aromatic carbocycles. The van der Waals surface area contributed by atoms with Crippen molar-refractivity contribution in [1.29, 1.82) is 0 Å². The molecular weight excluding hydrogens is 282 g/mol. The zero-order valence-corrected chi connectivity index (χ0v) is 12.8. The van der Waals surface area contributed by atoms with E-state index in [0.717, 1.165) is 51.0 Å². The van der Waals surface area contributed by atoms with Crippen LogP contribution in [0.25, 0.3) is 0 Å². The van der Waals surface area contributed by atoms with Crippen molar-refractivity contribution < 1.29 is 9.90 Å². The molecule has 22 heavy (non-hydrogen) atoms. The van der Waals surface area contributed by atoms with E-state index in [1.807, 2.05) is 17.2 Å². The van der Waals surface area contributed by atoms with Gasteiger partial charge in [-0.15, -0.1) is 0 Å². The summed E-state index contributed by atoms with van der Waals surface area (Å²) in [5, 5.41) is 8.84. The maximum Gasteiger partial charge on any atom is 0.317 e. The molecule has 2 saturated heterocycles. The molecule has 7 nitrogen and oxygen atoms in total. The second-order valence-corrected chi connectivity index (χ2v) is 5.92. The zero-order chi connectivity index (χ0) is 15.4. The van der Waals surface area contributed by atoms with E-state index in [4.69, 9.17) is 10.1 Å². The number of carboxylic acid groups (broad SMARTS) is 1. The summed E-state index contributed by atoms with van der Waals surface area (Å²) in [7, 11) is 0. The summed E-state index contributed by atoms with van der Waals surface area (Å²) in [6.07, 6.45) is 5.59. The Morgan fingerprint density at radius 3 is 2.45 bits per heavy atom. The second-order valence-electron chi connectivity index (χ2n) is 5.92. The number of hydrogen-bond donors (Lipinski definition) is 1. The van der Waals surface area contributed by atoms with Crippen molar-refractivity contribution in [2.45, 2.75) is 19.3 Å². The van der Waals surface area contributed by atoms with Crippen LogP contribution in [0.5, 0.6) is 0 Å². The highest BCUT2D eigenvalue weighted by atomic mass is 16.4. The van der Waals surface area contributed by atoms with Crippen molar-refractivity contribution in [2.75, 3.05) is 55.6 Å². The lowest BCUT2D eigenvalue weighted by Gasteiger charge is -2.34. The Hall–Kier alpha value is -1.89. The first-order chi connectivity index (χ1) is 10.7. The van der Waals surface area contributed by atoms with Crippen LogP contribution in [-0.2, 0) is 4.79 Å². The third kappa shape index (κ3) is 3.65. The summed E-state index contributed by atoms with van der Waals surface area (Å²) in [4.78, 5) is 26.3. The summed E-state index contributed by atoms with van der Waals surface area (Å²) in [6.45, 7) is 5.29. The SMILES string of the molecule is O=C(O)CN1CCN(c2nccc(N3CCCCC3)n2)CC1. The number of aromatic nitrogens is 2. The van der Waals surface area contributed by atoms with Gasteiger partial charge in [-0.1, -0.05) is 0 Å². The number of anilines is 2. The predicted octanol–water partition coefficient (Wildman–Crippen LogP) is 0.673. The molecule has 7 heteroatoms. The Bertz CT molecular complexity index is 510. The molecule has 1 N–H and O–H groups in total. The lowest BCUT2D eigenvalue weighted by atomic mass is 10.1. The lowest BCUT2D eigenvalue weighted by Crippen LogP contribution is -2.48. The van der Waals surface area contributed by atoms with Gasteiger partial charge in [-0.2, -0.15) is 4.98 Å². The molecule has 0 atom stereocenters. The molecule has 2 aliphatic rings. The molecule has 0 unspecified atom stereocenters.